The Kier molecular flexibility index (Phi) is 5.72. The molecule has 0 N–H and O–H groups in total. The van der Waals surface area contributed by atoms with Gasteiger partial charge in [-0.15, -0.1) is 0 Å². The van der Waals surface area contributed by atoms with Gasteiger partial charge in [-0.2, -0.15) is 11.8 Å². The molecule has 0 radical (unpaired) electrons. The van der Waals surface area contributed by atoms with E-state index in [1.165, 1.54) is 29.8 Å². The molecule has 3 aromatic rings. The van der Waals surface area contributed by atoms with E-state index in [4.69, 9.17) is 9.97 Å². The quantitative estimate of drug-likeness (QED) is 0.649. The molecule has 1 aliphatic rings. The van der Waals surface area contributed by atoms with E-state index < -0.39 is 0 Å². The number of hydrogen-bond donors (Lipinski definition) is 0. The second kappa shape index (κ2) is 8.57. The van der Waals surface area contributed by atoms with Gasteiger partial charge in [0, 0.05) is 62.3 Å². The third-order valence-corrected chi connectivity index (χ3v) is 5.70. The van der Waals surface area contributed by atoms with Crippen LogP contribution in [0.1, 0.15) is 35.7 Å². The van der Waals surface area contributed by atoms with Crippen LogP contribution in [-0.4, -0.2) is 38.9 Å². The molecule has 1 atom stereocenters. The van der Waals surface area contributed by atoms with Crippen molar-refractivity contribution in [3.05, 3.63) is 72.2 Å². The van der Waals surface area contributed by atoms with Crippen molar-refractivity contribution in [1.29, 1.82) is 0 Å². The van der Waals surface area contributed by atoms with E-state index in [1.54, 1.807) is 0 Å². The van der Waals surface area contributed by atoms with E-state index in [2.05, 4.69) is 51.2 Å². The van der Waals surface area contributed by atoms with E-state index in [9.17, 15) is 0 Å². The Hall–Kier alpha value is -2.34. The number of piperidine rings is 1. The predicted octanol–water partition coefficient (Wildman–Crippen LogP) is 3.97. The molecule has 0 saturated carbocycles. The maximum atomic E-state index is 4.71. The molecule has 4 rings (SSSR count). The highest BCUT2D eigenvalue weighted by molar-refractivity contribution is 7.97. The number of nitrogens with zero attached hydrogens (tertiary/aromatic N) is 5. The van der Waals surface area contributed by atoms with Crippen LogP contribution in [0.15, 0.2) is 55.2 Å². The van der Waals surface area contributed by atoms with Crippen molar-refractivity contribution in [2.45, 2.75) is 31.1 Å². The first kappa shape index (κ1) is 18.0. The molecule has 1 aliphatic heterocycles. The minimum absolute atomic E-state index is 0.434. The molecule has 1 unspecified atom stereocenters. The van der Waals surface area contributed by atoms with Gasteiger partial charge in [-0.3, -0.25) is 4.98 Å². The van der Waals surface area contributed by atoms with Crippen LogP contribution in [-0.2, 0) is 12.3 Å². The third-order valence-electron chi connectivity index (χ3n) is 5.08. The monoisotopic (exact) mass is 379 g/mol. The lowest BCUT2D eigenvalue weighted by Gasteiger charge is -2.33. The van der Waals surface area contributed by atoms with Gasteiger partial charge >= 0.3 is 0 Å². The standard InChI is InChI=1S/C21H25N5S/c1-27-16-18-4-5-20(24-13-18)25-11-2-3-19(15-25)21-23-10-12-26(21)14-17-6-8-22-9-7-17/h4-10,12-13,19H,2-3,11,14-16H2,1H3. The fourth-order valence-electron chi connectivity index (χ4n) is 3.75. The molecule has 4 heterocycles. The predicted molar refractivity (Wildman–Crippen MR) is 111 cm³/mol. The Labute approximate surface area is 164 Å². The number of thioether (sulfide) groups is 1. The molecule has 27 heavy (non-hydrogen) atoms. The number of imidazole rings is 1. The van der Waals surface area contributed by atoms with Crippen LogP contribution in [0, 0.1) is 0 Å². The van der Waals surface area contributed by atoms with Crippen LogP contribution in [0.4, 0.5) is 5.82 Å². The third kappa shape index (κ3) is 4.33. The van der Waals surface area contributed by atoms with Gasteiger partial charge in [0.1, 0.15) is 11.6 Å². The Bertz CT molecular complexity index is 847. The second-order valence-electron chi connectivity index (χ2n) is 7.01. The Morgan fingerprint density at radius 3 is 2.74 bits per heavy atom. The zero-order valence-electron chi connectivity index (χ0n) is 15.7. The molecule has 1 saturated heterocycles. The van der Waals surface area contributed by atoms with E-state index in [1.807, 2.05) is 36.5 Å². The molecule has 0 bridgehead atoms. The average molecular weight is 380 g/mol. The van der Waals surface area contributed by atoms with Crippen LogP contribution in [0.5, 0.6) is 0 Å². The number of rotatable bonds is 6. The molecule has 140 valence electrons. The van der Waals surface area contributed by atoms with Crippen molar-refractivity contribution < 1.29 is 0 Å². The highest BCUT2D eigenvalue weighted by Crippen LogP contribution is 2.29. The lowest BCUT2D eigenvalue weighted by molar-refractivity contribution is 0.474. The summed E-state index contributed by atoms with van der Waals surface area (Å²) in [5.41, 5.74) is 2.54. The van der Waals surface area contributed by atoms with Crippen molar-refractivity contribution in [3.8, 4) is 0 Å². The van der Waals surface area contributed by atoms with Gasteiger partial charge in [0.05, 0.1) is 0 Å². The zero-order chi connectivity index (χ0) is 18.5. The number of hydrogen-bond acceptors (Lipinski definition) is 5. The van der Waals surface area contributed by atoms with Gasteiger partial charge in [0.25, 0.3) is 0 Å². The van der Waals surface area contributed by atoms with Crippen LogP contribution in [0.3, 0.4) is 0 Å². The summed E-state index contributed by atoms with van der Waals surface area (Å²) in [5.74, 6) is 3.71. The Balaban J connectivity index is 1.48. The SMILES string of the molecule is CSCc1ccc(N2CCCC(c3nccn3Cc3ccncc3)C2)nc1. The number of aromatic nitrogens is 4. The van der Waals surface area contributed by atoms with Crippen molar-refractivity contribution in [2.75, 3.05) is 24.2 Å². The molecule has 0 amide bonds. The normalized spacial score (nSPS) is 17.2. The Morgan fingerprint density at radius 2 is 1.96 bits per heavy atom. The summed E-state index contributed by atoms with van der Waals surface area (Å²) in [6.45, 7) is 2.88. The maximum absolute atomic E-state index is 4.71. The van der Waals surface area contributed by atoms with Crippen LogP contribution < -0.4 is 4.90 Å². The summed E-state index contributed by atoms with van der Waals surface area (Å²) in [6, 6.07) is 8.50. The van der Waals surface area contributed by atoms with Crippen molar-refractivity contribution in [2.24, 2.45) is 0 Å². The van der Waals surface area contributed by atoms with Crippen LogP contribution >= 0.6 is 11.8 Å². The van der Waals surface area contributed by atoms with Crippen molar-refractivity contribution >= 4 is 17.6 Å². The molecule has 5 nitrogen and oxygen atoms in total. The summed E-state index contributed by atoms with van der Waals surface area (Å²) >= 11 is 1.83. The first-order valence-corrected chi connectivity index (χ1v) is 10.8. The maximum Gasteiger partial charge on any atom is 0.128 e. The minimum Gasteiger partial charge on any atom is -0.356 e. The fourth-order valence-corrected chi connectivity index (χ4v) is 4.26. The molecule has 1 fully saturated rings. The van der Waals surface area contributed by atoms with Crippen molar-refractivity contribution in [1.82, 2.24) is 19.5 Å². The first-order chi connectivity index (χ1) is 13.3. The average Bonchev–Trinajstić information content (AvgIpc) is 3.18. The highest BCUT2D eigenvalue weighted by atomic mass is 32.2. The summed E-state index contributed by atoms with van der Waals surface area (Å²) in [7, 11) is 0. The van der Waals surface area contributed by atoms with Gasteiger partial charge < -0.3 is 9.47 Å². The lowest BCUT2D eigenvalue weighted by Crippen LogP contribution is -2.36. The highest BCUT2D eigenvalue weighted by Gasteiger charge is 2.25. The Morgan fingerprint density at radius 1 is 1.07 bits per heavy atom. The van der Waals surface area contributed by atoms with E-state index in [-0.39, 0.29) is 0 Å². The van der Waals surface area contributed by atoms with Gasteiger partial charge in [0.2, 0.25) is 0 Å². The van der Waals surface area contributed by atoms with E-state index in [0.29, 0.717) is 5.92 Å². The minimum atomic E-state index is 0.434. The summed E-state index contributed by atoms with van der Waals surface area (Å²) in [4.78, 5) is 15.9. The summed E-state index contributed by atoms with van der Waals surface area (Å²) in [5, 5.41) is 0. The smallest absolute Gasteiger partial charge is 0.128 e. The van der Waals surface area contributed by atoms with Gasteiger partial charge in [-0.05, 0) is 48.4 Å². The first-order valence-electron chi connectivity index (χ1n) is 9.42. The van der Waals surface area contributed by atoms with Gasteiger partial charge in [-0.1, -0.05) is 6.07 Å². The summed E-state index contributed by atoms with van der Waals surface area (Å²) < 4.78 is 2.28. The molecule has 3 aromatic heterocycles. The molecule has 6 heteroatoms. The fraction of sp³-hybridized carbons (Fsp3) is 0.381. The molecule has 0 aromatic carbocycles. The van der Waals surface area contributed by atoms with E-state index in [0.717, 1.165) is 31.2 Å². The number of anilines is 1. The van der Waals surface area contributed by atoms with Crippen LogP contribution in [0.2, 0.25) is 0 Å². The summed E-state index contributed by atoms with van der Waals surface area (Å²) in [6.07, 6.45) is 14.2. The second-order valence-corrected chi connectivity index (χ2v) is 7.88. The molecular formula is C21H25N5S. The molecule has 0 aliphatic carbocycles. The lowest BCUT2D eigenvalue weighted by atomic mass is 9.97. The number of pyridine rings is 2. The largest absolute Gasteiger partial charge is 0.356 e. The van der Waals surface area contributed by atoms with Crippen LogP contribution in [0.25, 0.3) is 0 Å². The van der Waals surface area contributed by atoms with E-state index >= 15 is 0 Å². The van der Waals surface area contributed by atoms with Crippen molar-refractivity contribution in [3.63, 3.8) is 0 Å². The topological polar surface area (TPSA) is 46.8 Å². The molecule has 0 spiro atoms. The van der Waals surface area contributed by atoms with Gasteiger partial charge in [0.15, 0.2) is 0 Å². The zero-order valence-corrected chi connectivity index (χ0v) is 16.5. The van der Waals surface area contributed by atoms with Gasteiger partial charge in [-0.25, -0.2) is 9.97 Å². The molecular weight excluding hydrogens is 354 g/mol.